The van der Waals surface area contributed by atoms with Gasteiger partial charge in [-0.05, 0) is 37.4 Å². The van der Waals surface area contributed by atoms with Crippen molar-refractivity contribution >= 4 is 18.3 Å². The predicted molar refractivity (Wildman–Crippen MR) is 76.0 cm³/mol. The van der Waals surface area contributed by atoms with Crippen LogP contribution in [-0.4, -0.2) is 25.5 Å². The maximum atomic E-state index is 11.7. The molecular weight excluding hydrogens is 248 g/mol. The van der Waals surface area contributed by atoms with E-state index in [1.807, 2.05) is 18.2 Å². The number of amides is 1. The van der Waals surface area contributed by atoms with Crippen molar-refractivity contribution in [2.45, 2.75) is 19.3 Å². The largest absolute Gasteiger partial charge is 0.356 e. The zero-order valence-electron chi connectivity index (χ0n) is 10.5. The lowest BCUT2D eigenvalue weighted by molar-refractivity contribution is -0.121. The Morgan fingerprint density at radius 1 is 1.33 bits per heavy atom. The summed E-state index contributed by atoms with van der Waals surface area (Å²) in [5, 5.41) is 6.27. The molecule has 1 amide bonds. The van der Waals surface area contributed by atoms with Crippen LogP contribution in [0.15, 0.2) is 30.3 Å². The summed E-state index contributed by atoms with van der Waals surface area (Å²) in [6.45, 7) is 2.79. The van der Waals surface area contributed by atoms with Crippen LogP contribution in [0.2, 0.25) is 0 Å². The number of rotatable bonds is 5. The van der Waals surface area contributed by atoms with Gasteiger partial charge in [0.1, 0.15) is 0 Å². The fraction of sp³-hybridized carbons (Fsp3) is 0.500. The minimum Gasteiger partial charge on any atom is -0.356 e. The third-order valence-electron chi connectivity index (χ3n) is 3.22. The molecular formula is C14H21ClN2O. The summed E-state index contributed by atoms with van der Waals surface area (Å²) in [6, 6.07) is 10.2. The molecule has 1 fully saturated rings. The third kappa shape index (κ3) is 5.07. The molecule has 0 saturated carbocycles. The Balaban J connectivity index is 0.00000162. The first-order chi connectivity index (χ1) is 8.34. The molecule has 3 nitrogen and oxygen atoms in total. The maximum absolute atomic E-state index is 11.7. The van der Waals surface area contributed by atoms with Crippen molar-refractivity contribution in [3.63, 3.8) is 0 Å². The summed E-state index contributed by atoms with van der Waals surface area (Å²) < 4.78 is 0. The first-order valence-electron chi connectivity index (χ1n) is 6.36. The highest BCUT2D eigenvalue weighted by Gasteiger charge is 2.17. The van der Waals surface area contributed by atoms with Gasteiger partial charge in [-0.1, -0.05) is 30.3 Å². The smallest absolute Gasteiger partial charge is 0.220 e. The monoisotopic (exact) mass is 268 g/mol. The molecule has 1 atom stereocenters. The van der Waals surface area contributed by atoms with Crippen molar-refractivity contribution in [2.24, 2.45) is 5.92 Å². The molecule has 2 rings (SSSR count). The normalized spacial score (nSPS) is 18.1. The Morgan fingerprint density at radius 3 is 2.78 bits per heavy atom. The number of nitrogens with one attached hydrogen (secondary N) is 2. The lowest BCUT2D eigenvalue weighted by atomic mass is 10.0. The molecule has 0 aliphatic carbocycles. The SMILES string of the molecule is Cl.O=C(CC1CCNC1)NCCc1ccccc1. The van der Waals surface area contributed by atoms with Gasteiger partial charge in [0.25, 0.3) is 0 Å². The van der Waals surface area contributed by atoms with Crippen LogP contribution in [0, 0.1) is 5.92 Å². The molecule has 1 saturated heterocycles. The molecule has 0 radical (unpaired) electrons. The third-order valence-corrected chi connectivity index (χ3v) is 3.22. The maximum Gasteiger partial charge on any atom is 0.220 e. The molecule has 1 aromatic carbocycles. The standard InChI is InChI=1S/C14H20N2O.ClH/c17-14(10-13-6-8-15-11-13)16-9-7-12-4-2-1-3-5-12;/h1-5,13,15H,6-11H2,(H,16,17);1H. The lowest BCUT2D eigenvalue weighted by Crippen LogP contribution is -2.28. The predicted octanol–water partition coefficient (Wildman–Crippen LogP) is 1.77. The molecule has 0 spiro atoms. The Kier molecular flexibility index (Phi) is 6.76. The van der Waals surface area contributed by atoms with Crippen LogP contribution in [0.5, 0.6) is 0 Å². The first kappa shape index (κ1) is 15.0. The van der Waals surface area contributed by atoms with E-state index in [4.69, 9.17) is 0 Å². The number of hydrogen-bond donors (Lipinski definition) is 2. The van der Waals surface area contributed by atoms with E-state index in [9.17, 15) is 4.79 Å². The van der Waals surface area contributed by atoms with E-state index in [1.54, 1.807) is 0 Å². The molecule has 18 heavy (non-hydrogen) atoms. The second-order valence-electron chi connectivity index (χ2n) is 4.65. The summed E-state index contributed by atoms with van der Waals surface area (Å²) in [4.78, 5) is 11.7. The van der Waals surface area contributed by atoms with Gasteiger partial charge in [0.05, 0.1) is 0 Å². The Labute approximate surface area is 115 Å². The molecule has 100 valence electrons. The summed E-state index contributed by atoms with van der Waals surface area (Å²) in [5.41, 5.74) is 1.27. The number of carbonyl (C=O) groups is 1. The number of benzene rings is 1. The molecule has 4 heteroatoms. The first-order valence-corrected chi connectivity index (χ1v) is 6.36. The van der Waals surface area contributed by atoms with Gasteiger partial charge in [-0.2, -0.15) is 0 Å². The van der Waals surface area contributed by atoms with Gasteiger partial charge >= 0.3 is 0 Å². The molecule has 2 N–H and O–H groups in total. The highest BCUT2D eigenvalue weighted by atomic mass is 35.5. The van der Waals surface area contributed by atoms with Gasteiger partial charge in [-0.25, -0.2) is 0 Å². The van der Waals surface area contributed by atoms with Gasteiger partial charge in [0.15, 0.2) is 0 Å². The van der Waals surface area contributed by atoms with Crippen LogP contribution >= 0.6 is 12.4 Å². The second-order valence-corrected chi connectivity index (χ2v) is 4.65. The Bertz CT molecular complexity index is 350. The van der Waals surface area contributed by atoms with Gasteiger partial charge in [-0.15, -0.1) is 12.4 Å². The average Bonchev–Trinajstić information content (AvgIpc) is 2.83. The second kappa shape index (κ2) is 8.11. The lowest BCUT2D eigenvalue weighted by Gasteiger charge is -2.09. The van der Waals surface area contributed by atoms with E-state index in [1.165, 1.54) is 5.56 Å². The van der Waals surface area contributed by atoms with E-state index >= 15 is 0 Å². The van der Waals surface area contributed by atoms with Gasteiger partial charge in [0.2, 0.25) is 5.91 Å². The van der Waals surface area contributed by atoms with Crippen LogP contribution in [0.4, 0.5) is 0 Å². The van der Waals surface area contributed by atoms with Crippen molar-refractivity contribution in [2.75, 3.05) is 19.6 Å². The number of carbonyl (C=O) groups excluding carboxylic acids is 1. The fourth-order valence-electron chi connectivity index (χ4n) is 2.21. The zero-order chi connectivity index (χ0) is 11.9. The molecule has 0 aromatic heterocycles. The van der Waals surface area contributed by atoms with Crippen LogP contribution in [-0.2, 0) is 11.2 Å². The van der Waals surface area contributed by atoms with Crippen LogP contribution in [0.1, 0.15) is 18.4 Å². The quantitative estimate of drug-likeness (QED) is 0.855. The van der Waals surface area contributed by atoms with Crippen LogP contribution < -0.4 is 10.6 Å². The van der Waals surface area contributed by atoms with E-state index in [-0.39, 0.29) is 18.3 Å². The summed E-state index contributed by atoms with van der Waals surface area (Å²) in [5.74, 6) is 0.723. The minimum atomic E-state index is 0. The Morgan fingerprint density at radius 2 is 2.11 bits per heavy atom. The summed E-state index contributed by atoms with van der Waals surface area (Å²) in [7, 11) is 0. The fourth-order valence-corrected chi connectivity index (χ4v) is 2.21. The van der Waals surface area contributed by atoms with E-state index < -0.39 is 0 Å². The highest BCUT2D eigenvalue weighted by molar-refractivity contribution is 5.85. The zero-order valence-corrected chi connectivity index (χ0v) is 11.3. The molecule has 1 aliphatic rings. The van der Waals surface area contributed by atoms with Crippen molar-refractivity contribution < 1.29 is 4.79 Å². The topological polar surface area (TPSA) is 41.1 Å². The van der Waals surface area contributed by atoms with Gasteiger partial charge < -0.3 is 10.6 Å². The average molecular weight is 269 g/mol. The van der Waals surface area contributed by atoms with Crippen molar-refractivity contribution in [3.05, 3.63) is 35.9 Å². The van der Waals surface area contributed by atoms with E-state index in [0.29, 0.717) is 12.3 Å². The van der Waals surface area contributed by atoms with Crippen molar-refractivity contribution in [3.8, 4) is 0 Å². The Hall–Kier alpha value is -1.06. The van der Waals surface area contributed by atoms with E-state index in [2.05, 4.69) is 22.8 Å². The molecule has 1 aromatic rings. The van der Waals surface area contributed by atoms with Crippen LogP contribution in [0.25, 0.3) is 0 Å². The molecule has 1 aliphatic heterocycles. The van der Waals surface area contributed by atoms with E-state index in [0.717, 1.165) is 32.5 Å². The highest BCUT2D eigenvalue weighted by Crippen LogP contribution is 2.11. The van der Waals surface area contributed by atoms with Gasteiger partial charge in [0, 0.05) is 13.0 Å². The molecule has 1 unspecified atom stereocenters. The number of hydrogen-bond acceptors (Lipinski definition) is 2. The summed E-state index contributed by atoms with van der Waals surface area (Å²) in [6.07, 6.45) is 2.71. The van der Waals surface area contributed by atoms with Crippen molar-refractivity contribution in [1.82, 2.24) is 10.6 Å². The minimum absolute atomic E-state index is 0. The number of halogens is 1. The van der Waals surface area contributed by atoms with Gasteiger partial charge in [-0.3, -0.25) is 4.79 Å². The van der Waals surface area contributed by atoms with Crippen LogP contribution in [0.3, 0.4) is 0 Å². The van der Waals surface area contributed by atoms with Crippen molar-refractivity contribution in [1.29, 1.82) is 0 Å². The molecule has 1 heterocycles. The molecule has 0 bridgehead atoms. The summed E-state index contributed by atoms with van der Waals surface area (Å²) >= 11 is 0.